The summed E-state index contributed by atoms with van der Waals surface area (Å²) in [6, 6.07) is 13.3. The molecule has 0 saturated carbocycles. The maximum Gasteiger partial charge on any atom is 0.119 e. The summed E-state index contributed by atoms with van der Waals surface area (Å²) < 4.78 is 5.81. The number of allylic oxidation sites excluding steroid dienone is 1. The van der Waals surface area contributed by atoms with E-state index in [9.17, 15) is 0 Å². The van der Waals surface area contributed by atoms with Crippen molar-refractivity contribution in [2.45, 2.75) is 13.2 Å². The Bertz CT molecular complexity index is 786. The molecule has 2 nitrogen and oxygen atoms in total. The van der Waals surface area contributed by atoms with Gasteiger partial charge in [-0.3, -0.25) is 0 Å². The third-order valence-corrected chi connectivity index (χ3v) is 4.67. The van der Waals surface area contributed by atoms with Gasteiger partial charge in [-0.1, -0.05) is 59.1 Å². The van der Waals surface area contributed by atoms with Crippen molar-refractivity contribution in [1.82, 2.24) is 4.90 Å². The van der Waals surface area contributed by atoms with Crippen LogP contribution < -0.4 is 0 Å². The molecule has 1 heterocycles. The van der Waals surface area contributed by atoms with Crippen LogP contribution in [0.15, 0.2) is 66.6 Å². The molecular weight excluding hydrogens is 365 g/mol. The van der Waals surface area contributed by atoms with E-state index >= 15 is 0 Å². The van der Waals surface area contributed by atoms with Gasteiger partial charge in [0, 0.05) is 39.9 Å². The zero-order valence-electron chi connectivity index (χ0n) is 12.9. The van der Waals surface area contributed by atoms with Crippen LogP contribution in [-0.4, -0.2) is 11.4 Å². The molecule has 0 fully saturated rings. The van der Waals surface area contributed by atoms with E-state index in [4.69, 9.17) is 39.5 Å². The molecule has 0 bridgehead atoms. The second-order valence-corrected chi connectivity index (χ2v) is 6.72. The van der Waals surface area contributed by atoms with E-state index in [0.717, 1.165) is 35.0 Å². The molecule has 3 rings (SSSR count). The minimum Gasteiger partial charge on any atom is -0.489 e. The molecule has 0 aliphatic carbocycles. The highest BCUT2D eigenvalue weighted by atomic mass is 35.5. The van der Waals surface area contributed by atoms with Gasteiger partial charge in [0.15, 0.2) is 0 Å². The quantitative estimate of drug-likeness (QED) is 0.623. The van der Waals surface area contributed by atoms with Gasteiger partial charge in [-0.05, 0) is 35.9 Å². The van der Waals surface area contributed by atoms with Crippen molar-refractivity contribution in [2.24, 2.45) is 0 Å². The smallest absolute Gasteiger partial charge is 0.119 e. The van der Waals surface area contributed by atoms with Crippen LogP contribution in [0.3, 0.4) is 0 Å². The van der Waals surface area contributed by atoms with Crippen molar-refractivity contribution in [3.63, 3.8) is 0 Å². The lowest BCUT2D eigenvalue weighted by molar-refractivity contribution is 0.204. The van der Waals surface area contributed by atoms with Crippen molar-refractivity contribution in [3.05, 3.63) is 92.8 Å². The normalized spacial score (nSPS) is 13.8. The minimum atomic E-state index is 0.457. The van der Waals surface area contributed by atoms with Gasteiger partial charge >= 0.3 is 0 Å². The predicted octanol–water partition coefficient (Wildman–Crippen LogP) is 6.08. The number of nitrogens with zero attached hydrogens (tertiary/aromatic N) is 1. The molecule has 1 aliphatic rings. The summed E-state index contributed by atoms with van der Waals surface area (Å²) in [6.07, 6.45) is 6.00. The molecule has 2 aromatic carbocycles. The number of hydrogen-bond acceptors (Lipinski definition) is 2. The zero-order valence-corrected chi connectivity index (χ0v) is 15.2. The van der Waals surface area contributed by atoms with Crippen LogP contribution in [0.2, 0.25) is 15.1 Å². The molecular formula is C19H16Cl3NO. The van der Waals surface area contributed by atoms with E-state index in [0.29, 0.717) is 16.7 Å². The number of halogens is 3. The van der Waals surface area contributed by atoms with E-state index in [-0.39, 0.29) is 0 Å². The fourth-order valence-electron chi connectivity index (χ4n) is 2.38. The highest BCUT2D eigenvalue weighted by Crippen LogP contribution is 2.24. The number of ether oxygens (including phenoxy) is 1. The summed E-state index contributed by atoms with van der Waals surface area (Å²) in [7, 11) is 0. The van der Waals surface area contributed by atoms with Crippen LogP contribution in [0.25, 0.3) is 0 Å². The highest BCUT2D eigenvalue weighted by molar-refractivity contribution is 6.35. The molecule has 0 spiro atoms. The first-order valence-corrected chi connectivity index (χ1v) is 8.68. The monoisotopic (exact) mass is 379 g/mol. The topological polar surface area (TPSA) is 12.5 Å². The van der Waals surface area contributed by atoms with Crippen LogP contribution in [0, 0.1) is 0 Å². The fourth-order valence-corrected chi connectivity index (χ4v) is 3.04. The maximum atomic E-state index is 6.22. The lowest BCUT2D eigenvalue weighted by Gasteiger charge is -2.23. The molecule has 0 radical (unpaired) electrons. The lowest BCUT2D eigenvalue weighted by atomic mass is 10.2. The molecule has 0 amide bonds. The van der Waals surface area contributed by atoms with E-state index < -0.39 is 0 Å². The van der Waals surface area contributed by atoms with E-state index in [1.54, 1.807) is 6.07 Å². The molecule has 0 N–H and O–H groups in total. The van der Waals surface area contributed by atoms with Crippen molar-refractivity contribution >= 4 is 34.8 Å². The molecule has 1 aliphatic heterocycles. The Balaban J connectivity index is 1.55. The maximum absolute atomic E-state index is 6.22. The number of rotatable bonds is 5. The van der Waals surface area contributed by atoms with Gasteiger partial charge in [-0.15, -0.1) is 0 Å². The van der Waals surface area contributed by atoms with Gasteiger partial charge < -0.3 is 9.64 Å². The lowest BCUT2D eigenvalue weighted by Crippen LogP contribution is -2.20. The third-order valence-electron chi connectivity index (χ3n) is 3.72. The Labute approximate surface area is 156 Å². The molecule has 2 aromatic rings. The first-order chi connectivity index (χ1) is 11.6. The van der Waals surface area contributed by atoms with Gasteiger partial charge in [0.2, 0.25) is 0 Å². The Morgan fingerprint density at radius 2 is 1.79 bits per heavy atom. The van der Waals surface area contributed by atoms with Crippen molar-refractivity contribution in [3.8, 4) is 0 Å². The van der Waals surface area contributed by atoms with Crippen LogP contribution in [-0.2, 0) is 17.9 Å². The molecule has 24 heavy (non-hydrogen) atoms. The van der Waals surface area contributed by atoms with E-state index in [2.05, 4.69) is 4.90 Å². The minimum absolute atomic E-state index is 0.457. The standard InChI is InChI=1S/C19H16Cl3NO/c20-16-6-5-14(19(22)11-16)12-23-9-7-17(8-10-23)24-13-15-3-1-2-4-18(15)21/h1-9,11H,10,12-13H2. The van der Waals surface area contributed by atoms with E-state index in [1.165, 1.54) is 0 Å². The van der Waals surface area contributed by atoms with Crippen LogP contribution >= 0.6 is 34.8 Å². The number of hydrogen-bond donors (Lipinski definition) is 0. The molecule has 5 heteroatoms. The van der Waals surface area contributed by atoms with Crippen LogP contribution in [0.4, 0.5) is 0 Å². The predicted molar refractivity (Wildman–Crippen MR) is 100 cm³/mol. The Morgan fingerprint density at radius 3 is 2.50 bits per heavy atom. The Kier molecular flexibility index (Phi) is 5.72. The average molecular weight is 381 g/mol. The third kappa shape index (κ3) is 4.47. The molecule has 124 valence electrons. The SMILES string of the molecule is Clc1ccc(CN2C=CC(OCc3ccccc3Cl)=CC2)c(Cl)c1. The first-order valence-electron chi connectivity index (χ1n) is 7.54. The summed E-state index contributed by atoms with van der Waals surface area (Å²) in [5.74, 6) is 0.841. The summed E-state index contributed by atoms with van der Waals surface area (Å²) in [6.45, 7) is 1.94. The second-order valence-electron chi connectivity index (χ2n) is 5.47. The molecule has 0 atom stereocenters. The molecule has 0 unspecified atom stereocenters. The van der Waals surface area contributed by atoms with Gasteiger partial charge in [0.1, 0.15) is 12.4 Å². The van der Waals surface area contributed by atoms with Crippen molar-refractivity contribution in [2.75, 3.05) is 6.54 Å². The molecule has 0 aromatic heterocycles. The Hall–Kier alpha value is -1.61. The van der Waals surface area contributed by atoms with E-state index in [1.807, 2.05) is 54.8 Å². The largest absolute Gasteiger partial charge is 0.489 e. The van der Waals surface area contributed by atoms with Gasteiger partial charge in [0.25, 0.3) is 0 Å². The van der Waals surface area contributed by atoms with Crippen LogP contribution in [0.5, 0.6) is 0 Å². The summed E-state index contributed by atoms with van der Waals surface area (Å²) in [5, 5.41) is 2.05. The fraction of sp³-hybridized carbons (Fsp3) is 0.158. The van der Waals surface area contributed by atoms with Crippen molar-refractivity contribution < 1.29 is 4.74 Å². The highest BCUT2D eigenvalue weighted by Gasteiger charge is 2.09. The summed E-state index contributed by atoms with van der Waals surface area (Å²) in [5.41, 5.74) is 2.02. The zero-order chi connectivity index (χ0) is 16.9. The van der Waals surface area contributed by atoms with Gasteiger partial charge in [-0.2, -0.15) is 0 Å². The van der Waals surface area contributed by atoms with Crippen LogP contribution in [0.1, 0.15) is 11.1 Å². The van der Waals surface area contributed by atoms with Gasteiger partial charge in [0.05, 0.1) is 0 Å². The summed E-state index contributed by atoms with van der Waals surface area (Å²) >= 11 is 18.3. The number of benzene rings is 2. The first kappa shape index (κ1) is 17.2. The Morgan fingerprint density at radius 1 is 0.958 bits per heavy atom. The van der Waals surface area contributed by atoms with Crippen molar-refractivity contribution in [1.29, 1.82) is 0 Å². The average Bonchev–Trinajstić information content (AvgIpc) is 2.58. The van der Waals surface area contributed by atoms with Gasteiger partial charge in [-0.25, -0.2) is 0 Å². The second kappa shape index (κ2) is 7.98. The molecule has 0 saturated heterocycles. The summed E-state index contributed by atoms with van der Waals surface area (Å²) in [4.78, 5) is 2.15.